The fraction of sp³-hybridized carbons (Fsp3) is 0.769. The summed E-state index contributed by atoms with van der Waals surface area (Å²) in [6.45, 7) is 27.7. The number of benzene rings is 1. The summed E-state index contributed by atoms with van der Waals surface area (Å²) in [7, 11) is -3.66. The van der Waals surface area contributed by atoms with Crippen LogP contribution < -0.4 is 8.85 Å². The molecular weight excluding hydrogens is 400 g/mol. The average Bonchev–Trinajstić information content (AvgIpc) is 2.69. The quantitative estimate of drug-likeness (QED) is 0.331. The van der Waals surface area contributed by atoms with Crippen molar-refractivity contribution in [3.63, 3.8) is 0 Å². The van der Waals surface area contributed by atoms with Gasteiger partial charge in [0.1, 0.15) is 11.5 Å². The van der Waals surface area contributed by atoms with Crippen LogP contribution in [0.4, 0.5) is 0 Å². The Morgan fingerprint density at radius 3 is 1.33 bits per heavy atom. The second kappa shape index (κ2) is 10.2. The van der Waals surface area contributed by atoms with Gasteiger partial charge in [0.2, 0.25) is 0 Å². The van der Waals surface area contributed by atoms with Gasteiger partial charge in [-0.05, 0) is 58.7 Å². The highest BCUT2D eigenvalue weighted by molar-refractivity contribution is 6.75. The molecule has 1 aromatic carbocycles. The number of rotatable bonds is 10. The molecule has 1 rings (SSSR count). The number of hydrogen-bond acceptors (Lipinski definition) is 2. The molecule has 0 N–H and O–H groups in total. The summed E-state index contributed by atoms with van der Waals surface area (Å²) in [5.74, 6) is 2.08. The van der Waals surface area contributed by atoms with Gasteiger partial charge in [-0.3, -0.25) is 0 Å². The summed E-state index contributed by atoms with van der Waals surface area (Å²) in [5.41, 5.74) is 2.72. The third-order valence-electron chi connectivity index (χ3n) is 7.24. The second-order valence-corrected chi connectivity index (χ2v) is 20.4. The van der Waals surface area contributed by atoms with Crippen LogP contribution in [0.15, 0.2) is 12.1 Å². The Labute approximate surface area is 190 Å². The van der Waals surface area contributed by atoms with Crippen molar-refractivity contribution in [2.75, 3.05) is 0 Å². The van der Waals surface area contributed by atoms with Crippen molar-refractivity contribution in [2.24, 2.45) is 0 Å². The molecule has 0 radical (unpaired) electrons. The van der Waals surface area contributed by atoms with Crippen molar-refractivity contribution in [1.29, 1.82) is 0 Å². The molecule has 0 spiro atoms. The monoisotopic (exact) mass is 450 g/mol. The molecule has 0 fully saturated rings. The first kappa shape index (κ1) is 27.3. The molecule has 0 aliphatic carbocycles. The number of hydrogen-bond donors (Lipinski definition) is 0. The van der Waals surface area contributed by atoms with Gasteiger partial charge in [-0.15, -0.1) is 0 Å². The third-order valence-corrected chi connectivity index (χ3v) is 16.3. The summed E-state index contributed by atoms with van der Waals surface area (Å²) in [6.07, 6.45) is 0. The van der Waals surface area contributed by atoms with Gasteiger partial charge in [-0.1, -0.05) is 89.2 Å². The Balaban J connectivity index is 3.88. The molecule has 1 aromatic rings. The first-order chi connectivity index (χ1) is 13.8. The van der Waals surface area contributed by atoms with Crippen LogP contribution in [0.3, 0.4) is 0 Å². The smallest absolute Gasteiger partial charge is 0.250 e. The first-order valence-electron chi connectivity index (χ1n) is 12.3. The van der Waals surface area contributed by atoms with Gasteiger partial charge in [0.25, 0.3) is 16.6 Å². The van der Waals surface area contributed by atoms with E-state index in [9.17, 15) is 0 Å². The van der Waals surface area contributed by atoms with Gasteiger partial charge in [-0.25, -0.2) is 0 Å². The van der Waals surface area contributed by atoms with E-state index in [0.29, 0.717) is 0 Å². The third kappa shape index (κ3) is 6.15. The maximum atomic E-state index is 7.12. The van der Waals surface area contributed by atoms with Crippen molar-refractivity contribution in [3.8, 4) is 11.5 Å². The van der Waals surface area contributed by atoms with Gasteiger partial charge >= 0.3 is 0 Å². The lowest BCUT2D eigenvalue weighted by atomic mass is 9.80. The molecular formula is C26H50O2Si2. The van der Waals surface area contributed by atoms with Crippen molar-refractivity contribution in [2.45, 2.75) is 130 Å². The largest absolute Gasteiger partial charge is 0.541 e. The Hall–Kier alpha value is -0.746. The van der Waals surface area contributed by atoms with Gasteiger partial charge in [0.05, 0.1) is 0 Å². The molecule has 30 heavy (non-hydrogen) atoms. The van der Waals surface area contributed by atoms with Crippen LogP contribution in [0.5, 0.6) is 11.5 Å². The van der Waals surface area contributed by atoms with E-state index in [1.54, 1.807) is 0 Å². The molecule has 2 nitrogen and oxygen atoms in total. The van der Waals surface area contributed by atoms with E-state index in [1.165, 1.54) is 11.1 Å². The Bertz CT molecular complexity index is 659. The van der Waals surface area contributed by atoms with Crippen molar-refractivity contribution >= 4 is 16.6 Å². The van der Waals surface area contributed by atoms with Crippen LogP contribution in [-0.4, -0.2) is 16.6 Å². The van der Waals surface area contributed by atoms with Crippen LogP contribution in [0.1, 0.15) is 94.2 Å². The summed E-state index contributed by atoms with van der Waals surface area (Å²) in [6, 6.07) is 11.6. The van der Waals surface area contributed by atoms with E-state index in [4.69, 9.17) is 8.85 Å². The predicted octanol–water partition coefficient (Wildman–Crippen LogP) is 9.05. The highest BCUT2D eigenvalue weighted by Gasteiger charge is 2.38. The predicted molar refractivity (Wildman–Crippen MR) is 139 cm³/mol. The topological polar surface area (TPSA) is 18.5 Å². The Morgan fingerprint density at radius 2 is 1.00 bits per heavy atom. The summed E-state index contributed by atoms with van der Waals surface area (Å²) in [4.78, 5) is 0. The van der Waals surface area contributed by atoms with Crippen LogP contribution >= 0.6 is 0 Å². The maximum Gasteiger partial charge on any atom is 0.250 e. The molecule has 0 atom stereocenters. The summed E-state index contributed by atoms with van der Waals surface area (Å²) < 4.78 is 14.2. The minimum Gasteiger partial charge on any atom is -0.541 e. The fourth-order valence-electron chi connectivity index (χ4n) is 4.16. The SMILES string of the molecule is CC[Si](CC)(CC)Oc1cc(C(C)(C)C)cc(C(C)(C)C)c1O[Si](CC)(CC)CC. The molecule has 0 amide bonds. The zero-order chi connectivity index (χ0) is 23.4. The van der Waals surface area contributed by atoms with Crippen molar-refractivity contribution < 1.29 is 8.85 Å². The Kier molecular flexibility index (Phi) is 9.32. The average molecular weight is 451 g/mol. The van der Waals surface area contributed by atoms with Crippen LogP contribution in [0.2, 0.25) is 36.3 Å². The maximum absolute atomic E-state index is 7.12. The lowest BCUT2D eigenvalue weighted by molar-refractivity contribution is 0.444. The van der Waals surface area contributed by atoms with E-state index < -0.39 is 16.6 Å². The van der Waals surface area contributed by atoms with E-state index >= 15 is 0 Å². The zero-order valence-corrected chi connectivity index (χ0v) is 24.2. The molecule has 0 aliphatic heterocycles. The molecule has 0 aliphatic rings. The summed E-state index contributed by atoms with van der Waals surface area (Å²) >= 11 is 0. The van der Waals surface area contributed by atoms with Crippen LogP contribution in [-0.2, 0) is 10.8 Å². The lowest BCUT2D eigenvalue weighted by Crippen LogP contribution is -2.42. The minimum atomic E-state index is -1.83. The molecule has 0 heterocycles. The minimum absolute atomic E-state index is 0.00106. The van der Waals surface area contributed by atoms with Crippen molar-refractivity contribution in [3.05, 3.63) is 23.3 Å². The van der Waals surface area contributed by atoms with E-state index in [2.05, 4.69) is 95.2 Å². The highest BCUT2D eigenvalue weighted by atomic mass is 28.4. The lowest BCUT2D eigenvalue weighted by Gasteiger charge is -2.38. The van der Waals surface area contributed by atoms with Gasteiger partial charge < -0.3 is 8.85 Å². The molecule has 0 aromatic heterocycles. The first-order valence-corrected chi connectivity index (χ1v) is 17.4. The molecule has 0 saturated heterocycles. The van der Waals surface area contributed by atoms with Gasteiger partial charge in [-0.2, -0.15) is 0 Å². The highest BCUT2D eigenvalue weighted by Crippen LogP contribution is 2.46. The van der Waals surface area contributed by atoms with Gasteiger partial charge in [0.15, 0.2) is 0 Å². The van der Waals surface area contributed by atoms with Crippen LogP contribution in [0.25, 0.3) is 0 Å². The zero-order valence-electron chi connectivity index (χ0n) is 22.2. The van der Waals surface area contributed by atoms with Gasteiger partial charge in [0, 0.05) is 5.56 Å². The molecule has 0 bridgehead atoms. The second-order valence-electron chi connectivity index (χ2n) is 11.0. The molecule has 0 unspecified atom stereocenters. The van der Waals surface area contributed by atoms with E-state index in [1.807, 2.05) is 0 Å². The standard InChI is InChI=1S/C26H50O2Si2/c1-13-29(14-2,15-3)27-23-20-21(25(7,8)9)19-22(26(10,11)12)24(23)28-30(16-4,17-5)18-6/h19-20H,13-18H2,1-12H3. The van der Waals surface area contributed by atoms with Crippen LogP contribution in [0, 0.1) is 0 Å². The fourth-order valence-corrected chi connectivity index (χ4v) is 9.28. The molecule has 174 valence electrons. The summed E-state index contributed by atoms with van der Waals surface area (Å²) in [5, 5.41) is 0. The Morgan fingerprint density at radius 1 is 0.600 bits per heavy atom. The molecule has 4 heteroatoms. The van der Waals surface area contributed by atoms with E-state index in [-0.39, 0.29) is 10.8 Å². The van der Waals surface area contributed by atoms with E-state index in [0.717, 1.165) is 47.8 Å². The molecule has 0 saturated carbocycles. The normalized spacial score (nSPS) is 13.5. The van der Waals surface area contributed by atoms with Crippen molar-refractivity contribution in [1.82, 2.24) is 0 Å².